The van der Waals surface area contributed by atoms with Crippen molar-refractivity contribution < 1.29 is 19.4 Å². The van der Waals surface area contributed by atoms with E-state index in [4.69, 9.17) is 4.74 Å². The Kier molecular flexibility index (Phi) is 9.83. The molecule has 200 valence electrons. The number of hydrogen-bond acceptors (Lipinski definition) is 3. The monoisotopic (exact) mass is 496 g/mol. The molecule has 1 aromatic carbocycles. The van der Waals surface area contributed by atoms with Crippen LogP contribution < -0.4 is 0 Å². The standard InChI is InChI=1S/C32H48O4/c1-21(2)9-7-11-23(4)29-16-17-30-27-15-13-25(20-28(27)31(34)35)19-26(36-24(5)33)14-12-22(3)10-8-18-32(29,30)6/h10,13,15,20-21,23,26,29-30H,7-9,11-12,14,16-19H2,1-6H3,(H,34,35)/b22-10-/t23-,26+,29-,30+,32-/m1/s1. The molecular formula is C32H48O4. The molecule has 4 rings (SSSR count). The molecule has 0 heterocycles. The molecule has 0 unspecified atom stereocenters. The number of carbonyl (C=O) groups is 2. The molecule has 3 aliphatic rings. The zero-order chi connectivity index (χ0) is 26.5. The molecule has 0 radical (unpaired) electrons. The Hall–Kier alpha value is -2.10. The van der Waals surface area contributed by atoms with E-state index in [1.807, 2.05) is 6.07 Å². The summed E-state index contributed by atoms with van der Waals surface area (Å²) in [5.74, 6) is 1.09. The second-order valence-electron chi connectivity index (χ2n) is 12.3. The van der Waals surface area contributed by atoms with Gasteiger partial charge in [0.25, 0.3) is 0 Å². The first-order chi connectivity index (χ1) is 17.0. The Morgan fingerprint density at radius 2 is 1.89 bits per heavy atom. The van der Waals surface area contributed by atoms with E-state index in [1.54, 1.807) is 0 Å². The largest absolute Gasteiger partial charge is 0.478 e. The number of esters is 1. The van der Waals surface area contributed by atoms with Gasteiger partial charge >= 0.3 is 11.9 Å². The van der Waals surface area contributed by atoms with Gasteiger partial charge in [0.05, 0.1) is 5.56 Å². The van der Waals surface area contributed by atoms with E-state index < -0.39 is 5.97 Å². The summed E-state index contributed by atoms with van der Waals surface area (Å²) < 4.78 is 5.61. The summed E-state index contributed by atoms with van der Waals surface area (Å²) in [4.78, 5) is 24.2. The van der Waals surface area contributed by atoms with Crippen molar-refractivity contribution in [3.05, 3.63) is 46.5 Å². The zero-order valence-electron chi connectivity index (χ0n) is 23.4. The van der Waals surface area contributed by atoms with Crippen molar-refractivity contribution in [1.29, 1.82) is 0 Å². The number of fused-ring (bicyclic) bond motifs is 8. The highest BCUT2D eigenvalue weighted by molar-refractivity contribution is 5.90. The zero-order valence-corrected chi connectivity index (χ0v) is 23.4. The van der Waals surface area contributed by atoms with Crippen LogP contribution in [0.2, 0.25) is 0 Å². The minimum Gasteiger partial charge on any atom is -0.478 e. The van der Waals surface area contributed by atoms with Gasteiger partial charge in [-0.3, -0.25) is 4.79 Å². The number of carboxylic acid groups (broad SMARTS) is 1. The number of aromatic carboxylic acids is 1. The molecule has 1 fully saturated rings. The predicted molar refractivity (Wildman–Crippen MR) is 146 cm³/mol. The number of carbonyl (C=O) groups excluding carboxylic acids is 1. The van der Waals surface area contributed by atoms with Crippen LogP contribution in [-0.2, 0) is 16.0 Å². The Labute approximate surface area is 218 Å². The minimum absolute atomic E-state index is 0.0735. The lowest BCUT2D eigenvalue weighted by atomic mass is 9.63. The summed E-state index contributed by atoms with van der Waals surface area (Å²) in [6.07, 6.45) is 12.4. The number of allylic oxidation sites excluding steroid dienone is 2. The highest BCUT2D eigenvalue weighted by Crippen LogP contribution is 2.59. The van der Waals surface area contributed by atoms with Crippen LogP contribution in [0.3, 0.4) is 0 Å². The van der Waals surface area contributed by atoms with E-state index in [0.717, 1.165) is 49.1 Å². The summed E-state index contributed by atoms with van der Waals surface area (Å²) in [5, 5.41) is 10.2. The first kappa shape index (κ1) is 28.5. The Bertz CT molecular complexity index is 945. The van der Waals surface area contributed by atoms with Gasteiger partial charge in [0.1, 0.15) is 6.10 Å². The van der Waals surface area contributed by atoms with Crippen LogP contribution in [0, 0.1) is 23.2 Å². The van der Waals surface area contributed by atoms with E-state index in [-0.39, 0.29) is 23.4 Å². The summed E-state index contributed by atoms with van der Waals surface area (Å²) in [6, 6.07) is 6.00. The van der Waals surface area contributed by atoms with Gasteiger partial charge in [-0.25, -0.2) is 4.79 Å². The van der Waals surface area contributed by atoms with Crippen LogP contribution in [-0.4, -0.2) is 23.1 Å². The summed E-state index contributed by atoms with van der Waals surface area (Å²) in [6.45, 7) is 13.1. The van der Waals surface area contributed by atoms with Crippen LogP contribution in [0.1, 0.15) is 127 Å². The lowest BCUT2D eigenvalue weighted by Gasteiger charge is -2.41. The van der Waals surface area contributed by atoms with Crippen LogP contribution in [0.15, 0.2) is 29.8 Å². The van der Waals surface area contributed by atoms with Crippen LogP contribution >= 0.6 is 0 Å². The summed E-state index contributed by atoms with van der Waals surface area (Å²) in [5.41, 5.74) is 3.78. The Balaban J connectivity index is 1.99. The number of ether oxygens (including phenoxy) is 1. The van der Waals surface area contributed by atoms with Crippen molar-refractivity contribution in [1.82, 2.24) is 0 Å². The number of rotatable bonds is 7. The van der Waals surface area contributed by atoms with E-state index in [1.165, 1.54) is 38.2 Å². The van der Waals surface area contributed by atoms with Crippen LogP contribution in [0.4, 0.5) is 0 Å². The minimum atomic E-state index is -0.852. The Morgan fingerprint density at radius 3 is 2.56 bits per heavy atom. The highest BCUT2D eigenvalue weighted by atomic mass is 16.5. The molecule has 36 heavy (non-hydrogen) atoms. The molecule has 2 bridgehead atoms. The molecule has 4 nitrogen and oxygen atoms in total. The van der Waals surface area contributed by atoms with Gasteiger partial charge in [0, 0.05) is 13.3 Å². The summed E-state index contributed by atoms with van der Waals surface area (Å²) >= 11 is 0. The van der Waals surface area contributed by atoms with Gasteiger partial charge in [0.2, 0.25) is 0 Å². The third-order valence-electron chi connectivity index (χ3n) is 9.09. The third kappa shape index (κ3) is 7.01. The van der Waals surface area contributed by atoms with E-state index in [2.05, 4.69) is 52.8 Å². The maximum absolute atomic E-state index is 12.5. The topological polar surface area (TPSA) is 63.6 Å². The lowest BCUT2D eigenvalue weighted by Crippen LogP contribution is -2.32. The quantitative estimate of drug-likeness (QED) is 0.304. The lowest BCUT2D eigenvalue weighted by molar-refractivity contribution is -0.146. The molecule has 4 heteroatoms. The first-order valence-corrected chi connectivity index (χ1v) is 14.2. The molecule has 1 N–H and O–H groups in total. The third-order valence-corrected chi connectivity index (χ3v) is 9.09. The van der Waals surface area contributed by atoms with Gasteiger partial charge in [-0.2, -0.15) is 0 Å². The molecule has 3 aliphatic carbocycles. The van der Waals surface area contributed by atoms with Crippen molar-refractivity contribution in [3.63, 3.8) is 0 Å². The summed E-state index contributed by atoms with van der Waals surface area (Å²) in [7, 11) is 0. The van der Waals surface area contributed by atoms with E-state index in [0.29, 0.717) is 23.8 Å². The van der Waals surface area contributed by atoms with Gasteiger partial charge in [-0.05, 0) is 91.7 Å². The molecule has 1 saturated carbocycles. The molecule has 0 spiro atoms. The molecule has 0 aliphatic heterocycles. The van der Waals surface area contributed by atoms with E-state index >= 15 is 0 Å². The van der Waals surface area contributed by atoms with Crippen LogP contribution in [0.5, 0.6) is 0 Å². The van der Waals surface area contributed by atoms with Crippen molar-refractivity contribution in [2.24, 2.45) is 23.2 Å². The van der Waals surface area contributed by atoms with Crippen molar-refractivity contribution in [3.8, 4) is 0 Å². The second kappa shape index (κ2) is 12.4. The SMILES string of the molecule is CC(=O)O[C@H]1CC/C(C)=C\CC[C@]2(C)[C@@H]([C@H](C)CCCC(C)C)CC[C@H]2c2ccc(cc2C(=O)O)C1. The van der Waals surface area contributed by atoms with Crippen LogP contribution in [0.25, 0.3) is 0 Å². The van der Waals surface area contributed by atoms with E-state index in [9.17, 15) is 14.7 Å². The second-order valence-corrected chi connectivity index (χ2v) is 12.3. The number of carboxylic acids is 1. The van der Waals surface area contributed by atoms with Gasteiger partial charge in [-0.15, -0.1) is 0 Å². The molecule has 0 amide bonds. The average molecular weight is 497 g/mol. The van der Waals surface area contributed by atoms with Crippen molar-refractivity contribution in [2.75, 3.05) is 0 Å². The van der Waals surface area contributed by atoms with Gasteiger partial charge in [-0.1, -0.05) is 70.7 Å². The Morgan fingerprint density at radius 1 is 1.14 bits per heavy atom. The van der Waals surface area contributed by atoms with Gasteiger partial charge in [0.15, 0.2) is 0 Å². The van der Waals surface area contributed by atoms with Crippen molar-refractivity contribution >= 4 is 11.9 Å². The highest BCUT2D eigenvalue weighted by Gasteiger charge is 2.49. The maximum Gasteiger partial charge on any atom is 0.335 e. The smallest absolute Gasteiger partial charge is 0.335 e. The normalized spacial score (nSPS) is 29.2. The first-order valence-electron chi connectivity index (χ1n) is 14.2. The number of benzene rings is 1. The fraction of sp³-hybridized carbons (Fsp3) is 0.688. The van der Waals surface area contributed by atoms with Gasteiger partial charge < -0.3 is 9.84 Å². The fourth-order valence-electron chi connectivity index (χ4n) is 7.16. The average Bonchev–Trinajstić information content (AvgIpc) is 3.13. The molecular weight excluding hydrogens is 448 g/mol. The fourth-order valence-corrected chi connectivity index (χ4v) is 7.16. The molecule has 1 aromatic rings. The molecule has 5 atom stereocenters. The van der Waals surface area contributed by atoms with Crippen molar-refractivity contribution in [2.45, 2.75) is 118 Å². The maximum atomic E-state index is 12.5. The number of hydrogen-bond donors (Lipinski definition) is 1. The molecule has 0 saturated heterocycles. The predicted octanol–water partition coefficient (Wildman–Crippen LogP) is 8.34. The molecule has 0 aromatic heterocycles.